The van der Waals surface area contributed by atoms with E-state index in [1.54, 1.807) is 18.4 Å². The first kappa shape index (κ1) is 12.5. The van der Waals surface area contributed by atoms with Gasteiger partial charge in [0.25, 0.3) is 0 Å². The van der Waals surface area contributed by atoms with Gasteiger partial charge in [0.15, 0.2) is 0 Å². The summed E-state index contributed by atoms with van der Waals surface area (Å²) in [5.74, 6) is 0.344. The highest BCUT2D eigenvalue weighted by atomic mass is 16.5. The Hall–Kier alpha value is -2.55. The lowest BCUT2D eigenvalue weighted by Crippen LogP contribution is -2.08. The maximum atomic E-state index is 11.8. The number of hydrogen-bond donors (Lipinski definition) is 0. The number of aryl methyl sites for hydroxylation is 1. The van der Waals surface area contributed by atoms with Crippen molar-refractivity contribution in [1.29, 1.82) is 0 Å². The van der Waals surface area contributed by atoms with E-state index in [1.807, 2.05) is 42.5 Å². The summed E-state index contributed by atoms with van der Waals surface area (Å²) < 4.78 is 10.7. The van der Waals surface area contributed by atoms with Gasteiger partial charge in [0.2, 0.25) is 0 Å². The molecule has 2 aromatic carbocycles. The Morgan fingerprint density at radius 3 is 2.60 bits per heavy atom. The number of carbonyl (C=O) groups is 1. The van der Waals surface area contributed by atoms with Gasteiger partial charge in [0.05, 0.1) is 12.7 Å². The minimum atomic E-state index is -0.235. The van der Waals surface area contributed by atoms with Crippen molar-refractivity contribution >= 4 is 16.9 Å². The third kappa shape index (κ3) is 2.72. The largest absolute Gasteiger partial charge is 0.464 e. The Kier molecular flexibility index (Phi) is 3.50. The summed E-state index contributed by atoms with van der Waals surface area (Å²) in [6.07, 6.45) is 2.65. The average Bonchev–Trinajstić information content (AvgIpc) is 2.89. The second-order valence-corrected chi connectivity index (χ2v) is 4.54. The van der Waals surface area contributed by atoms with Crippen LogP contribution >= 0.6 is 0 Å². The van der Waals surface area contributed by atoms with Crippen molar-refractivity contribution in [2.24, 2.45) is 0 Å². The molecule has 0 radical (unpaired) electrons. The molecule has 20 heavy (non-hydrogen) atoms. The molecule has 0 saturated heterocycles. The molecule has 3 nitrogen and oxygen atoms in total. The predicted molar refractivity (Wildman–Crippen MR) is 76.6 cm³/mol. The summed E-state index contributed by atoms with van der Waals surface area (Å²) in [5, 5.41) is 1.06. The van der Waals surface area contributed by atoms with E-state index in [2.05, 4.69) is 0 Å². The maximum absolute atomic E-state index is 11.8. The van der Waals surface area contributed by atoms with Crippen LogP contribution < -0.4 is 4.74 Å². The Morgan fingerprint density at radius 2 is 1.75 bits per heavy atom. The molecule has 0 amide bonds. The fourth-order valence-electron chi connectivity index (χ4n) is 2.13. The molecular formula is C17H14O3. The van der Waals surface area contributed by atoms with E-state index in [4.69, 9.17) is 9.15 Å². The van der Waals surface area contributed by atoms with Gasteiger partial charge in [0, 0.05) is 5.39 Å². The predicted octanol–water partition coefficient (Wildman–Crippen LogP) is 3.97. The molecule has 0 atom stereocenters. The molecule has 0 aliphatic heterocycles. The van der Waals surface area contributed by atoms with Gasteiger partial charge >= 0.3 is 5.97 Å². The monoisotopic (exact) mass is 266 g/mol. The van der Waals surface area contributed by atoms with Gasteiger partial charge in [-0.25, -0.2) is 0 Å². The van der Waals surface area contributed by atoms with Crippen LogP contribution in [0.4, 0.5) is 0 Å². The van der Waals surface area contributed by atoms with Crippen LogP contribution in [0.1, 0.15) is 12.0 Å². The molecule has 0 N–H and O–H groups in total. The molecular weight excluding hydrogens is 252 g/mol. The number of rotatable bonds is 4. The SMILES string of the molecule is O=C(CCc1coc2ccccc12)Oc1ccccc1. The topological polar surface area (TPSA) is 39.4 Å². The van der Waals surface area contributed by atoms with Gasteiger partial charge < -0.3 is 9.15 Å². The number of hydrogen-bond acceptors (Lipinski definition) is 3. The lowest BCUT2D eigenvalue weighted by Gasteiger charge is -2.03. The summed E-state index contributed by atoms with van der Waals surface area (Å²) >= 11 is 0. The second-order valence-electron chi connectivity index (χ2n) is 4.54. The van der Waals surface area contributed by atoms with Gasteiger partial charge in [-0.3, -0.25) is 4.79 Å². The summed E-state index contributed by atoms with van der Waals surface area (Å²) in [5.41, 5.74) is 1.88. The first-order chi connectivity index (χ1) is 9.83. The highest BCUT2D eigenvalue weighted by molar-refractivity contribution is 5.81. The fourth-order valence-corrected chi connectivity index (χ4v) is 2.13. The van der Waals surface area contributed by atoms with Gasteiger partial charge in [0.1, 0.15) is 11.3 Å². The van der Waals surface area contributed by atoms with Gasteiger partial charge in [-0.05, 0) is 30.2 Å². The van der Waals surface area contributed by atoms with Crippen molar-refractivity contribution < 1.29 is 13.9 Å². The standard InChI is InChI=1S/C17H14O3/c18-17(20-14-6-2-1-3-7-14)11-10-13-12-19-16-9-5-4-8-15(13)16/h1-9,12H,10-11H2. The van der Waals surface area contributed by atoms with Crippen molar-refractivity contribution in [3.63, 3.8) is 0 Å². The first-order valence-electron chi connectivity index (χ1n) is 6.54. The summed E-state index contributed by atoms with van der Waals surface area (Å²) in [4.78, 5) is 11.8. The van der Waals surface area contributed by atoms with E-state index in [0.717, 1.165) is 16.5 Å². The van der Waals surface area contributed by atoms with Crippen LogP contribution in [0.15, 0.2) is 65.3 Å². The molecule has 3 rings (SSSR count). The molecule has 0 saturated carbocycles. The highest BCUT2D eigenvalue weighted by Crippen LogP contribution is 2.22. The summed E-state index contributed by atoms with van der Waals surface area (Å²) in [6, 6.07) is 16.9. The zero-order valence-electron chi connectivity index (χ0n) is 10.9. The Balaban J connectivity index is 1.63. The number of carbonyl (C=O) groups excluding carboxylic acids is 1. The number of fused-ring (bicyclic) bond motifs is 1. The van der Waals surface area contributed by atoms with Crippen molar-refractivity contribution in [2.45, 2.75) is 12.8 Å². The highest BCUT2D eigenvalue weighted by Gasteiger charge is 2.09. The van der Waals surface area contributed by atoms with Crippen LogP contribution in [0, 0.1) is 0 Å². The van der Waals surface area contributed by atoms with E-state index >= 15 is 0 Å². The van der Waals surface area contributed by atoms with Gasteiger partial charge in [-0.1, -0.05) is 36.4 Å². The normalized spacial score (nSPS) is 10.6. The third-order valence-electron chi connectivity index (χ3n) is 3.13. The molecule has 100 valence electrons. The zero-order valence-corrected chi connectivity index (χ0v) is 10.9. The molecule has 3 aromatic rings. The van der Waals surface area contributed by atoms with Crippen molar-refractivity contribution in [3.05, 3.63) is 66.4 Å². The van der Waals surface area contributed by atoms with Crippen LogP contribution in [-0.2, 0) is 11.2 Å². The molecule has 3 heteroatoms. The second kappa shape index (κ2) is 5.61. The van der Waals surface area contributed by atoms with E-state index in [0.29, 0.717) is 18.6 Å². The van der Waals surface area contributed by atoms with Crippen LogP contribution in [0.25, 0.3) is 11.0 Å². The minimum absolute atomic E-state index is 0.235. The first-order valence-corrected chi connectivity index (χ1v) is 6.54. The Bertz CT molecular complexity index is 713. The van der Waals surface area contributed by atoms with Gasteiger partial charge in [-0.15, -0.1) is 0 Å². The van der Waals surface area contributed by atoms with Crippen molar-refractivity contribution in [3.8, 4) is 5.75 Å². The van der Waals surface area contributed by atoms with E-state index in [9.17, 15) is 4.79 Å². The Labute approximate surface area is 116 Å². The molecule has 0 aliphatic rings. The zero-order chi connectivity index (χ0) is 13.8. The lowest BCUT2D eigenvalue weighted by molar-refractivity contribution is -0.134. The van der Waals surface area contributed by atoms with Crippen LogP contribution in [0.5, 0.6) is 5.75 Å². The van der Waals surface area contributed by atoms with E-state index in [-0.39, 0.29) is 5.97 Å². The lowest BCUT2D eigenvalue weighted by atomic mass is 10.1. The fraction of sp³-hybridized carbons (Fsp3) is 0.118. The maximum Gasteiger partial charge on any atom is 0.311 e. The molecule has 0 spiro atoms. The number of ether oxygens (including phenoxy) is 1. The molecule has 1 aromatic heterocycles. The average molecular weight is 266 g/mol. The molecule has 1 heterocycles. The third-order valence-corrected chi connectivity index (χ3v) is 3.13. The summed E-state index contributed by atoms with van der Waals surface area (Å²) in [6.45, 7) is 0. The molecule has 0 aliphatic carbocycles. The molecule has 0 bridgehead atoms. The van der Waals surface area contributed by atoms with Crippen molar-refractivity contribution in [1.82, 2.24) is 0 Å². The molecule has 0 fully saturated rings. The Morgan fingerprint density at radius 1 is 1.00 bits per heavy atom. The van der Waals surface area contributed by atoms with E-state index in [1.165, 1.54) is 0 Å². The smallest absolute Gasteiger partial charge is 0.311 e. The molecule has 0 unspecified atom stereocenters. The minimum Gasteiger partial charge on any atom is -0.464 e. The van der Waals surface area contributed by atoms with E-state index < -0.39 is 0 Å². The number of para-hydroxylation sites is 2. The van der Waals surface area contributed by atoms with Gasteiger partial charge in [-0.2, -0.15) is 0 Å². The van der Waals surface area contributed by atoms with Crippen LogP contribution in [-0.4, -0.2) is 5.97 Å². The van der Waals surface area contributed by atoms with Crippen LogP contribution in [0.3, 0.4) is 0 Å². The number of furan rings is 1. The summed E-state index contributed by atoms with van der Waals surface area (Å²) in [7, 11) is 0. The van der Waals surface area contributed by atoms with Crippen LogP contribution in [0.2, 0.25) is 0 Å². The quantitative estimate of drug-likeness (QED) is 0.530. The number of esters is 1. The number of benzene rings is 2. The van der Waals surface area contributed by atoms with Crippen molar-refractivity contribution in [2.75, 3.05) is 0 Å².